The minimum absolute atomic E-state index is 0.251. The van der Waals surface area contributed by atoms with Gasteiger partial charge in [0.2, 0.25) is 5.78 Å². The average molecular weight is 391 g/mol. The van der Waals surface area contributed by atoms with Crippen LogP contribution < -0.4 is 5.32 Å². The molecule has 0 aliphatic heterocycles. The molecule has 8 heteroatoms. The molecule has 0 unspecified atom stereocenters. The molecule has 3 aromatic heterocycles. The number of aromatic nitrogens is 4. The number of halogens is 1. The molecule has 0 saturated heterocycles. The number of nitrogens with zero attached hydrogens (tertiary/aromatic N) is 4. The van der Waals surface area contributed by atoms with Gasteiger partial charge in [-0.25, -0.2) is 19.2 Å². The second-order valence-corrected chi connectivity index (χ2v) is 6.69. The average Bonchev–Trinajstić information content (AvgIpc) is 3.12. The Morgan fingerprint density at radius 2 is 2.03 bits per heavy atom. The molecule has 146 valence electrons. The van der Waals surface area contributed by atoms with Crippen molar-refractivity contribution < 1.29 is 13.9 Å². The molecule has 0 saturated carbocycles. The molecular weight excluding hydrogens is 373 g/mol. The van der Waals surface area contributed by atoms with Crippen molar-refractivity contribution in [1.29, 1.82) is 0 Å². The van der Waals surface area contributed by atoms with Crippen molar-refractivity contribution in [2.75, 3.05) is 5.32 Å². The summed E-state index contributed by atoms with van der Waals surface area (Å²) in [6, 6.07) is 8.03. The van der Waals surface area contributed by atoms with Crippen LogP contribution in [-0.4, -0.2) is 31.5 Å². The molecule has 7 nitrogen and oxygen atoms in total. The molecule has 0 radical (unpaired) electrons. The normalized spacial score (nSPS) is 11.0. The molecule has 1 N–H and O–H groups in total. The van der Waals surface area contributed by atoms with Crippen LogP contribution in [0, 0.1) is 5.82 Å². The standard InChI is InChI=1S/C21H18FN5O2/c1-13(2)29-21(28)25-16-5-6-18(22)17(8-16)19-12-27-11-15(10-24-20(27)26-19)14-4-3-7-23-9-14/h3-13H,1-2H3,(H,25,28). The van der Waals surface area contributed by atoms with Crippen molar-refractivity contribution in [2.24, 2.45) is 0 Å². The van der Waals surface area contributed by atoms with Gasteiger partial charge in [-0.15, -0.1) is 0 Å². The Bertz CT molecular complexity index is 1170. The van der Waals surface area contributed by atoms with Crippen LogP contribution in [0.4, 0.5) is 14.9 Å². The highest BCUT2D eigenvalue weighted by atomic mass is 19.1. The monoisotopic (exact) mass is 391 g/mol. The number of amides is 1. The largest absolute Gasteiger partial charge is 0.447 e. The predicted molar refractivity (Wildman–Crippen MR) is 107 cm³/mol. The van der Waals surface area contributed by atoms with Gasteiger partial charge in [0.1, 0.15) is 5.82 Å². The third-order valence-electron chi connectivity index (χ3n) is 4.14. The lowest BCUT2D eigenvalue weighted by Gasteiger charge is -2.10. The maximum absolute atomic E-state index is 14.5. The lowest BCUT2D eigenvalue weighted by molar-refractivity contribution is 0.130. The number of rotatable bonds is 4. The number of hydrogen-bond acceptors (Lipinski definition) is 5. The molecule has 4 rings (SSSR count). The number of anilines is 1. The molecule has 0 bridgehead atoms. The molecule has 1 amide bonds. The summed E-state index contributed by atoms with van der Waals surface area (Å²) < 4.78 is 21.2. The number of hydrogen-bond donors (Lipinski definition) is 1. The molecule has 1 aromatic carbocycles. The van der Waals surface area contributed by atoms with Crippen LogP contribution in [0.15, 0.2) is 61.3 Å². The first-order chi connectivity index (χ1) is 14.0. The zero-order chi connectivity index (χ0) is 20.4. The topological polar surface area (TPSA) is 81.4 Å². The molecule has 0 aliphatic carbocycles. The molecule has 4 aromatic rings. The van der Waals surface area contributed by atoms with E-state index in [0.717, 1.165) is 11.1 Å². The minimum atomic E-state index is -0.602. The number of pyridine rings is 1. The zero-order valence-corrected chi connectivity index (χ0v) is 15.8. The van der Waals surface area contributed by atoms with E-state index in [-0.39, 0.29) is 11.7 Å². The number of imidazole rings is 1. The van der Waals surface area contributed by atoms with Gasteiger partial charge in [0.05, 0.1) is 11.8 Å². The van der Waals surface area contributed by atoms with E-state index in [2.05, 4.69) is 20.3 Å². The van der Waals surface area contributed by atoms with E-state index in [1.54, 1.807) is 43.0 Å². The molecular formula is C21H18FN5O2. The van der Waals surface area contributed by atoms with Crippen molar-refractivity contribution in [3.05, 3.63) is 67.1 Å². The highest BCUT2D eigenvalue weighted by Gasteiger charge is 2.14. The van der Waals surface area contributed by atoms with Crippen LogP contribution in [-0.2, 0) is 4.74 Å². The number of fused-ring (bicyclic) bond motifs is 1. The Morgan fingerprint density at radius 1 is 1.17 bits per heavy atom. The lowest BCUT2D eigenvalue weighted by atomic mass is 10.1. The second-order valence-electron chi connectivity index (χ2n) is 6.69. The SMILES string of the molecule is CC(C)OC(=O)Nc1ccc(F)c(-c2cn3cc(-c4cccnc4)cnc3n2)c1. The maximum atomic E-state index is 14.5. The predicted octanol–water partition coefficient (Wildman–Crippen LogP) is 4.55. The van der Waals surface area contributed by atoms with E-state index in [1.807, 2.05) is 18.3 Å². The van der Waals surface area contributed by atoms with Gasteiger partial charge in [-0.05, 0) is 38.1 Å². The van der Waals surface area contributed by atoms with Crippen LogP contribution in [0.25, 0.3) is 28.2 Å². The third kappa shape index (κ3) is 4.06. The van der Waals surface area contributed by atoms with Gasteiger partial charge >= 0.3 is 6.09 Å². The number of carbonyl (C=O) groups is 1. The van der Waals surface area contributed by atoms with E-state index in [4.69, 9.17) is 4.74 Å². The summed E-state index contributed by atoms with van der Waals surface area (Å²) in [6.07, 6.45) is 7.83. The van der Waals surface area contributed by atoms with Gasteiger partial charge in [0.25, 0.3) is 0 Å². The first-order valence-electron chi connectivity index (χ1n) is 9.02. The second kappa shape index (κ2) is 7.67. The fourth-order valence-corrected chi connectivity index (χ4v) is 2.86. The summed E-state index contributed by atoms with van der Waals surface area (Å²) in [7, 11) is 0. The zero-order valence-electron chi connectivity index (χ0n) is 15.8. The van der Waals surface area contributed by atoms with Crippen molar-refractivity contribution in [2.45, 2.75) is 20.0 Å². The highest BCUT2D eigenvalue weighted by Crippen LogP contribution is 2.26. The van der Waals surface area contributed by atoms with E-state index in [1.165, 1.54) is 18.2 Å². The maximum Gasteiger partial charge on any atom is 0.411 e. The third-order valence-corrected chi connectivity index (χ3v) is 4.14. The fraction of sp³-hybridized carbons (Fsp3) is 0.143. The summed E-state index contributed by atoms with van der Waals surface area (Å²) in [5.74, 6) is -0.0201. The Hall–Kier alpha value is -3.81. The van der Waals surface area contributed by atoms with E-state index in [0.29, 0.717) is 17.2 Å². The van der Waals surface area contributed by atoms with Crippen molar-refractivity contribution in [3.8, 4) is 22.4 Å². The van der Waals surface area contributed by atoms with E-state index < -0.39 is 11.9 Å². The van der Waals surface area contributed by atoms with Crippen molar-refractivity contribution in [3.63, 3.8) is 0 Å². The molecule has 0 aliphatic rings. The smallest absolute Gasteiger partial charge is 0.411 e. The van der Waals surface area contributed by atoms with Crippen LogP contribution >= 0.6 is 0 Å². The van der Waals surface area contributed by atoms with Crippen molar-refractivity contribution >= 4 is 17.6 Å². The number of ether oxygens (including phenoxy) is 1. The molecule has 3 heterocycles. The first-order valence-corrected chi connectivity index (χ1v) is 9.02. The van der Waals surface area contributed by atoms with E-state index >= 15 is 0 Å². The quantitative estimate of drug-likeness (QED) is 0.552. The van der Waals surface area contributed by atoms with Gasteiger partial charge in [-0.2, -0.15) is 0 Å². The number of carbonyl (C=O) groups excluding carboxylic acids is 1. The van der Waals surface area contributed by atoms with E-state index in [9.17, 15) is 9.18 Å². The lowest BCUT2D eigenvalue weighted by Crippen LogP contribution is -2.18. The molecule has 0 fully saturated rings. The number of nitrogens with one attached hydrogen (secondary N) is 1. The minimum Gasteiger partial charge on any atom is -0.447 e. The van der Waals surface area contributed by atoms with Gasteiger partial charge in [0.15, 0.2) is 0 Å². The summed E-state index contributed by atoms with van der Waals surface area (Å²) in [5.41, 5.74) is 2.84. The van der Waals surface area contributed by atoms with Crippen molar-refractivity contribution in [1.82, 2.24) is 19.4 Å². The summed E-state index contributed by atoms with van der Waals surface area (Å²) in [5, 5.41) is 2.59. The summed E-state index contributed by atoms with van der Waals surface area (Å²) in [6.45, 7) is 3.50. The van der Waals surface area contributed by atoms with Crippen LogP contribution in [0.3, 0.4) is 0 Å². The van der Waals surface area contributed by atoms with Gasteiger partial charge in [-0.3, -0.25) is 14.7 Å². The summed E-state index contributed by atoms with van der Waals surface area (Å²) >= 11 is 0. The Kier molecular flexibility index (Phi) is 4.90. The Morgan fingerprint density at radius 3 is 2.79 bits per heavy atom. The molecule has 0 atom stereocenters. The first kappa shape index (κ1) is 18.5. The molecule has 29 heavy (non-hydrogen) atoms. The van der Waals surface area contributed by atoms with Crippen LogP contribution in [0.2, 0.25) is 0 Å². The van der Waals surface area contributed by atoms with Gasteiger partial charge in [0, 0.05) is 53.4 Å². The fourth-order valence-electron chi connectivity index (χ4n) is 2.86. The van der Waals surface area contributed by atoms with Gasteiger partial charge < -0.3 is 4.74 Å². The van der Waals surface area contributed by atoms with Gasteiger partial charge in [-0.1, -0.05) is 6.07 Å². The molecule has 0 spiro atoms. The highest BCUT2D eigenvalue weighted by molar-refractivity contribution is 5.86. The Labute approximate surface area is 166 Å². The summed E-state index contributed by atoms with van der Waals surface area (Å²) in [4.78, 5) is 24.7. The van der Waals surface area contributed by atoms with Crippen LogP contribution in [0.1, 0.15) is 13.8 Å². The number of benzene rings is 1. The van der Waals surface area contributed by atoms with Crippen LogP contribution in [0.5, 0.6) is 0 Å². The Balaban J connectivity index is 1.67.